The average molecular weight is 339 g/mol. The largest absolute Gasteiger partial charge is 0.496 e. The zero-order valence-corrected chi connectivity index (χ0v) is 14.7. The van der Waals surface area contributed by atoms with Crippen LogP contribution in [0.15, 0.2) is 53.7 Å². The van der Waals surface area contributed by atoms with Crippen molar-refractivity contribution in [2.24, 2.45) is 4.99 Å². The number of aliphatic imine (C=N–C) groups is 1. The van der Waals surface area contributed by atoms with E-state index in [0.717, 1.165) is 28.8 Å². The standard InChI is InChI=1S/C19H21N3OS/c1-3-13-12-24-19-21-17(15-9-6-7-11-20-15)18(22(13)19)14-8-4-5-10-16(14)23-2/h4-11,13,17-18H,3,12H2,1-2H3/t13-,17-,18+/m0/s1. The Bertz CT molecular complexity index is 749. The predicted molar refractivity (Wildman–Crippen MR) is 98.5 cm³/mol. The van der Waals surface area contributed by atoms with Crippen LogP contribution in [-0.4, -0.2) is 34.0 Å². The lowest BCUT2D eigenvalue weighted by molar-refractivity contribution is 0.249. The first-order valence-electron chi connectivity index (χ1n) is 8.36. The third-order valence-corrected chi connectivity index (χ3v) is 5.91. The first kappa shape index (κ1) is 15.5. The van der Waals surface area contributed by atoms with Gasteiger partial charge in [-0.1, -0.05) is 43.0 Å². The second kappa shape index (κ2) is 6.48. The Balaban J connectivity index is 1.83. The van der Waals surface area contributed by atoms with Gasteiger partial charge < -0.3 is 9.64 Å². The number of hydrogen-bond donors (Lipinski definition) is 0. The number of rotatable bonds is 4. The number of pyridine rings is 1. The van der Waals surface area contributed by atoms with Crippen LogP contribution in [0.5, 0.6) is 5.75 Å². The minimum absolute atomic E-state index is 0.0133. The zero-order valence-electron chi connectivity index (χ0n) is 13.9. The van der Waals surface area contributed by atoms with Gasteiger partial charge in [-0.2, -0.15) is 0 Å². The SMILES string of the molecule is CC[C@H]1CSC2=N[C@@H](c3ccccn3)[C@@H](c3ccccc3OC)N21. The second-order valence-electron chi connectivity index (χ2n) is 6.08. The van der Waals surface area contributed by atoms with Gasteiger partial charge in [0.05, 0.1) is 18.8 Å². The molecule has 5 heteroatoms. The summed E-state index contributed by atoms with van der Waals surface area (Å²) in [6.07, 6.45) is 2.97. The van der Waals surface area contributed by atoms with E-state index in [9.17, 15) is 0 Å². The van der Waals surface area contributed by atoms with Gasteiger partial charge >= 0.3 is 0 Å². The van der Waals surface area contributed by atoms with Gasteiger partial charge in [0, 0.05) is 23.6 Å². The molecule has 0 amide bonds. The molecule has 0 saturated carbocycles. The van der Waals surface area contributed by atoms with Crippen LogP contribution in [0.3, 0.4) is 0 Å². The van der Waals surface area contributed by atoms with Crippen molar-refractivity contribution in [2.45, 2.75) is 31.5 Å². The van der Waals surface area contributed by atoms with Crippen molar-refractivity contribution >= 4 is 16.9 Å². The number of para-hydroxylation sites is 1. The minimum atomic E-state index is 0.0133. The molecular formula is C19H21N3OS. The molecule has 2 aromatic rings. The molecule has 1 saturated heterocycles. The van der Waals surface area contributed by atoms with Crippen molar-refractivity contribution in [2.75, 3.05) is 12.9 Å². The van der Waals surface area contributed by atoms with E-state index < -0.39 is 0 Å². The minimum Gasteiger partial charge on any atom is -0.496 e. The zero-order chi connectivity index (χ0) is 16.5. The fraction of sp³-hybridized carbons (Fsp3) is 0.368. The molecule has 0 N–H and O–H groups in total. The summed E-state index contributed by atoms with van der Waals surface area (Å²) in [6.45, 7) is 2.25. The van der Waals surface area contributed by atoms with Gasteiger partial charge in [0.2, 0.25) is 0 Å². The summed E-state index contributed by atoms with van der Waals surface area (Å²) in [5.41, 5.74) is 2.21. The second-order valence-corrected chi connectivity index (χ2v) is 7.07. The molecule has 1 aromatic carbocycles. The van der Waals surface area contributed by atoms with E-state index in [1.807, 2.05) is 42.2 Å². The molecule has 1 aromatic heterocycles. The number of benzene rings is 1. The lowest BCUT2D eigenvalue weighted by atomic mass is 9.94. The lowest BCUT2D eigenvalue weighted by Gasteiger charge is -2.32. The van der Waals surface area contributed by atoms with Gasteiger partial charge in [-0.15, -0.1) is 0 Å². The Morgan fingerprint density at radius 3 is 2.79 bits per heavy atom. The Kier molecular flexibility index (Phi) is 4.19. The van der Waals surface area contributed by atoms with Crippen LogP contribution < -0.4 is 4.74 Å². The Hall–Kier alpha value is -2.01. The Morgan fingerprint density at radius 1 is 1.21 bits per heavy atom. The van der Waals surface area contributed by atoms with E-state index >= 15 is 0 Å². The molecular weight excluding hydrogens is 318 g/mol. The molecule has 0 spiro atoms. The normalized spacial score (nSPS) is 25.5. The van der Waals surface area contributed by atoms with Gasteiger partial charge in [-0.05, 0) is 24.6 Å². The van der Waals surface area contributed by atoms with Gasteiger partial charge in [0.25, 0.3) is 0 Å². The van der Waals surface area contributed by atoms with E-state index in [4.69, 9.17) is 9.73 Å². The number of hydrogen-bond acceptors (Lipinski definition) is 5. The maximum absolute atomic E-state index is 5.65. The van der Waals surface area contributed by atoms with Crippen molar-refractivity contribution in [3.05, 3.63) is 59.9 Å². The third-order valence-electron chi connectivity index (χ3n) is 4.79. The van der Waals surface area contributed by atoms with Crippen LogP contribution in [0.1, 0.15) is 36.7 Å². The van der Waals surface area contributed by atoms with Crippen molar-refractivity contribution < 1.29 is 4.74 Å². The summed E-state index contributed by atoms with van der Waals surface area (Å²) in [6, 6.07) is 15.0. The van der Waals surface area contributed by atoms with E-state index in [2.05, 4.69) is 35.0 Å². The van der Waals surface area contributed by atoms with E-state index in [1.54, 1.807) is 7.11 Å². The highest BCUT2D eigenvalue weighted by atomic mass is 32.2. The number of nitrogens with zero attached hydrogens (tertiary/aromatic N) is 3. The molecule has 4 rings (SSSR count). The number of amidine groups is 1. The smallest absolute Gasteiger partial charge is 0.160 e. The average Bonchev–Trinajstić information content (AvgIpc) is 3.21. The topological polar surface area (TPSA) is 37.7 Å². The quantitative estimate of drug-likeness (QED) is 0.841. The molecule has 0 unspecified atom stereocenters. The van der Waals surface area contributed by atoms with E-state index in [0.29, 0.717) is 6.04 Å². The van der Waals surface area contributed by atoms with Crippen LogP contribution in [0.2, 0.25) is 0 Å². The van der Waals surface area contributed by atoms with E-state index in [-0.39, 0.29) is 12.1 Å². The predicted octanol–water partition coefficient (Wildman–Crippen LogP) is 4.07. The summed E-state index contributed by atoms with van der Waals surface area (Å²) >= 11 is 1.86. The van der Waals surface area contributed by atoms with Crippen LogP contribution >= 0.6 is 11.8 Å². The summed E-state index contributed by atoms with van der Waals surface area (Å²) < 4.78 is 5.65. The monoisotopic (exact) mass is 339 g/mol. The maximum Gasteiger partial charge on any atom is 0.160 e. The molecule has 2 aliphatic rings. The molecule has 0 radical (unpaired) electrons. The number of fused-ring (bicyclic) bond motifs is 1. The highest BCUT2D eigenvalue weighted by Crippen LogP contribution is 2.50. The number of methoxy groups -OCH3 is 1. The van der Waals surface area contributed by atoms with Crippen molar-refractivity contribution in [3.63, 3.8) is 0 Å². The van der Waals surface area contributed by atoms with Crippen molar-refractivity contribution in [1.82, 2.24) is 9.88 Å². The highest BCUT2D eigenvalue weighted by molar-refractivity contribution is 8.14. The van der Waals surface area contributed by atoms with Crippen LogP contribution in [-0.2, 0) is 0 Å². The van der Waals surface area contributed by atoms with Crippen LogP contribution in [0.4, 0.5) is 0 Å². The lowest BCUT2D eigenvalue weighted by Crippen LogP contribution is -2.35. The fourth-order valence-electron chi connectivity index (χ4n) is 3.60. The van der Waals surface area contributed by atoms with Gasteiger partial charge in [-0.25, -0.2) is 0 Å². The van der Waals surface area contributed by atoms with Gasteiger partial charge in [0.1, 0.15) is 11.8 Å². The molecule has 2 aliphatic heterocycles. The number of aromatic nitrogens is 1. The van der Waals surface area contributed by atoms with Gasteiger partial charge in [0.15, 0.2) is 5.17 Å². The summed E-state index contributed by atoms with van der Waals surface area (Å²) in [5.74, 6) is 2.03. The number of ether oxygens (including phenoxy) is 1. The Morgan fingerprint density at radius 2 is 2.04 bits per heavy atom. The molecule has 3 atom stereocenters. The van der Waals surface area contributed by atoms with Crippen molar-refractivity contribution in [1.29, 1.82) is 0 Å². The molecule has 3 heterocycles. The highest BCUT2D eigenvalue weighted by Gasteiger charge is 2.46. The van der Waals surface area contributed by atoms with Crippen molar-refractivity contribution in [3.8, 4) is 5.75 Å². The van der Waals surface area contributed by atoms with Gasteiger partial charge in [-0.3, -0.25) is 9.98 Å². The molecule has 0 bridgehead atoms. The third kappa shape index (κ3) is 2.47. The first-order chi connectivity index (χ1) is 11.8. The Labute approximate surface area is 147 Å². The van der Waals surface area contributed by atoms with Crippen LogP contribution in [0, 0.1) is 0 Å². The van der Waals surface area contributed by atoms with Crippen LogP contribution in [0.25, 0.3) is 0 Å². The molecule has 124 valence electrons. The fourth-order valence-corrected chi connectivity index (χ4v) is 4.94. The molecule has 1 fully saturated rings. The summed E-state index contributed by atoms with van der Waals surface area (Å²) in [5, 5.41) is 1.15. The summed E-state index contributed by atoms with van der Waals surface area (Å²) in [4.78, 5) is 12.1. The molecule has 24 heavy (non-hydrogen) atoms. The molecule has 4 nitrogen and oxygen atoms in total. The summed E-state index contributed by atoms with van der Waals surface area (Å²) in [7, 11) is 1.74. The maximum atomic E-state index is 5.65. The first-order valence-corrected chi connectivity index (χ1v) is 9.34. The molecule has 0 aliphatic carbocycles. The van der Waals surface area contributed by atoms with E-state index in [1.165, 1.54) is 5.56 Å². The number of thioether (sulfide) groups is 1.